The Hall–Kier alpha value is -1.51. The van der Waals surface area contributed by atoms with Crippen LogP contribution in [0.5, 0.6) is 0 Å². The molecule has 0 bridgehead atoms. The van der Waals surface area contributed by atoms with Gasteiger partial charge < -0.3 is 19.3 Å². The normalized spacial score (nSPS) is 51.0. The first kappa shape index (κ1) is 18.5. The SMILES string of the molecule is CS(=O)CC(C)(O)C1OC(=O)C=C2C3(C)C=CCC4(C)C(=O)OC(C34)C3OC231. The van der Waals surface area contributed by atoms with Gasteiger partial charge in [-0.15, -0.1) is 0 Å². The Morgan fingerprint density at radius 1 is 1.32 bits per heavy atom. The molecule has 8 heteroatoms. The second-order valence-electron chi connectivity index (χ2n) is 9.44. The van der Waals surface area contributed by atoms with E-state index in [0.29, 0.717) is 6.42 Å². The predicted octanol–water partition coefficient (Wildman–Crippen LogP) is 0.633. The molecule has 9 unspecified atom stereocenters. The summed E-state index contributed by atoms with van der Waals surface area (Å²) in [6.45, 7) is 5.42. The van der Waals surface area contributed by atoms with Gasteiger partial charge in [-0.1, -0.05) is 19.1 Å². The van der Waals surface area contributed by atoms with Crippen LogP contribution in [0.3, 0.4) is 0 Å². The molecule has 2 aliphatic carbocycles. The molecule has 3 heterocycles. The lowest BCUT2D eigenvalue weighted by molar-refractivity contribution is -0.167. The van der Waals surface area contributed by atoms with E-state index in [0.717, 1.165) is 5.57 Å². The number of hydrogen-bond donors (Lipinski definition) is 1. The second-order valence-corrected chi connectivity index (χ2v) is 10.9. The summed E-state index contributed by atoms with van der Waals surface area (Å²) in [7, 11) is -1.31. The van der Waals surface area contributed by atoms with Crippen molar-refractivity contribution in [3.63, 3.8) is 0 Å². The Morgan fingerprint density at radius 2 is 2.04 bits per heavy atom. The molecule has 0 aromatic heterocycles. The number of ether oxygens (including phenoxy) is 3. The number of carbonyl (C=O) groups excluding carboxylic acids is 2. The molecule has 152 valence electrons. The minimum absolute atomic E-state index is 0.0613. The zero-order chi connectivity index (χ0) is 20.3. The van der Waals surface area contributed by atoms with Crippen LogP contribution in [0.1, 0.15) is 27.2 Å². The van der Waals surface area contributed by atoms with Crippen molar-refractivity contribution in [2.45, 2.75) is 56.7 Å². The third-order valence-electron chi connectivity index (χ3n) is 7.31. The summed E-state index contributed by atoms with van der Waals surface area (Å²) in [5.74, 6) is -1.05. The van der Waals surface area contributed by atoms with Gasteiger partial charge in [-0.3, -0.25) is 9.00 Å². The fourth-order valence-electron chi connectivity index (χ4n) is 6.35. The number of cyclic esters (lactones) is 1. The maximum atomic E-state index is 12.8. The zero-order valence-corrected chi connectivity index (χ0v) is 17.1. The molecule has 3 fully saturated rings. The van der Waals surface area contributed by atoms with Crippen LogP contribution in [-0.2, 0) is 34.6 Å². The maximum Gasteiger partial charge on any atom is 0.331 e. The number of hydrogen-bond acceptors (Lipinski definition) is 7. The maximum absolute atomic E-state index is 12.8. The van der Waals surface area contributed by atoms with Crippen molar-refractivity contribution in [3.8, 4) is 0 Å². The summed E-state index contributed by atoms with van der Waals surface area (Å²) in [5.41, 5.74) is -3.24. The summed E-state index contributed by atoms with van der Waals surface area (Å²) in [5, 5.41) is 11.1. The van der Waals surface area contributed by atoms with Crippen molar-refractivity contribution in [1.29, 1.82) is 0 Å². The van der Waals surface area contributed by atoms with E-state index < -0.39 is 57.1 Å². The Balaban J connectivity index is 1.68. The van der Waals surface area contributed by atoms with E-state index in [-0.39, 0.29) is 17.6 Å². The van der Waals surface area contributed by atoms with E-state index >= 15 is 0 Å². The van der Waals surface area contributed by atoms with Crippen molar-refractivity contribution in [1.82, 2.24) is 0 Å². The van der Waals surface area contributed by atoms with Crippen LogP contribution < -0.4 is 0 Å². The summed E-state index contributed by atoms with van der Waals surface area (Å²) >= 11 is 0. The van der Waals surface area contributed by atoms with E-state index in [4.69, 9.17) is 14.2 Å². The van der Waals surface area contributed by atoms with E-state index in [1.807, 2.05) is 26.0 Å². The van der Waals surface area contributed by atoms with Crippen LogP contribution in [0, 0.1) is 16.7 Å². The zero-order valence-electron chi connectivity index (χ0n) is 16.3. The molecular formula is C20H24O7S. The lowest BCUT2D eigenvalue weighted by Gasteiger charge is -2.52. The minimum atomic E-state index is -1.56. The first-order chi connectivity index (χ1) is 13.0. The standard InChI is InChI=1S/C20H24O7S/c1-17-6-5-7-18(2)13(17)12(26-16(18)22)14-20(27-14)10(17)8-11(21)25-15(20)19(3,23)9-28(4)24/h5-6,8,12-15,23H,7,9H2,1-4H3. The van der Waals surface area contributed by atoms with Crippen LogP contribution in [0.2, 0.25) is 0 Å². The van der Waals surface area contributed by atoms with Crippen LogP contribution in [0.4, 0.5) is 0 Å². The van der Waals surface area contributed by atoms with Gasteiger partial charge in [0.15, 0.2) is 11.7 Å². The Morgan fingerprint density at radius 3 is 2.71 bits per heavy atom. The highest BCUT2D eigenvalue weighted by atomic mass is 32.2. The van der Waals surface area contributed by atoms with Crippen molar-refractivity contribution < 1.29 is 33.1 Å². The third kappa shape index (κ3) is 1.99. The minimum Gasteiger partial charge on any atom is -0.459 e. The fourth-order valence-corrected chi connectivity index (χ4v) is 7.33. The molecule has 1 spiro atoms. The van der Waals surface area contributed by atoms with E-state index in [1.54, 1.807) is 0 Å². The first-order valence-electron chi connectivity index (χ1n) is 9.49. The molecule has 1 N–H and O–H groups in total. The van der Waals surface area contributed by atoms with Gasteiger partial charge in [0.05, 0.1) is 11.2 Å². The topological polar surface area (TPSA) is 102 Å². The van der Waals surface area contributed by atoms with Gasteiger partial charge in [-0.25, -0.2) is 4.79 Å². The molecule has 2 saturated heterocycles. The van der Waals surface area contributed by atoms with Crippen molar-refractivity contribution in [2.24, 2.45) is 16.7 Å². The molecule has 0 amide bonds. The molecule has 0 radical (unpaired) electrons. The highest BCUT2D eigenvalue weighted by molar-refractivity contribution is 7.84. The fraction of sp³-hybridized carbons (Fsp3) is 0.700. The highest BCUT2D eigenvalue weighted by Gasteiger charge is 2.83. The number of aliphatic hydroxyl groups is 1. The van der Waals surface area contributed by atoms with Crippen LogP contribution in [-0.4, -0.2) is 62.8 Å². The van der Waals surface area contributed by atoms with Gasteiger partial charge in [0, 0.05) is 34.5 Å². The number of epoxide rings is 1. The number of fused-ring (bicyclic) bond motifs is 2. The Kier molecular flexibility index (Phi) is 3.40. The number of esters is 2. The van der Waals surface area contributed by atoms with Gasteiger partial charge in [0.25, 0.3) is 0 Å². The molecule has 9 atom stereocenters. The van der Waals surface area contributed by atoms with E-state index in [9.17, 15) is 18.9 Å². The average Bonchev–Trinajstić information content (AvgIpc) is 3.22. The van der Waals surface area contributed by atoms with E-state index in [1.165, 1.54) is 19.3 Å². The van der Waals surface area contributed by atoms with Crippen molar-refractivity contribution in [3.05, 3.63) is 23.8 Å². The largest absolute Gasteiger partial charge is 0.459 e. The van der Waals surface area contributed by atoms with Crippen molar-refractivity contribution in [2.75, 3.05) is 12.0 Å². The van der Waals surface area contributed by atoms with Crippen LogP contribution >= 0.6 is 0 Å². The summed E-state index contributed by atoms with van der Waals surface area (Å²) < 4.78 is 29.4. The van der Waals surface area contributed by atoms with Gasteiger partial charge in [0.2, 0.25) is 0 Å². The first-order valence-corrected chi connectivity index (χ1v) is 11.2. The molecule has 3 aliphatic heterocycles. The van der Waals surface area contributed by atoms with Gasteiger partial charge in [-0.05, 0) is 25.8 Å². The number of rotatable bonds is 3. The molecule has 7 nitrogen and oxygen atoms in total. The highest BCUT2D eigenvalue weighted by Crippen LogP contribution is 2.71. The Labute approximate surface area is 165 Å². The molecule has 28 heavy (non-hydrogen) atoms. The summed E-state index contributed by atoms with van der Waals surface area (Å²) in [4.78, 5) is 25.2. The third-order valence-corrected chi connectivity index (χ3v) is 8.30. The smallest absolute Gasteiger partial charge is 0.331 e. The lowest BCUT2D eigenvalue weighted by Crippen LogP contribution is -2.64. The molecule has 5 aliphatic rings. The molecule has 0 aromatic rings. The van der Waals surface area contributed by atoms with Crippen molar-refractivity contribution >= 4 is 22.7 Å². The second kappa shape index (κ2) is 5.15. The van der Waals surface area contributed by atoms with Crippen LogP contribution in [0.15, 0.2) is 23.8 Å². The quantitative estimate of drug-likeness (QED) is 0.415. The summed E-state index contributed by atoms with van der Waals surface area (Å²) in [6, 6.07) is 0. The average molecular weight is 408 g/mol. The molecular weight excluding hydrogens is 384 g/mol. The molecule has 0 aromatic carbocycles. The lowest BCUT2D eigenvalue weighted by atomic mass is 9.49. The molecule has 1 saturated carbocycles. The number of carbonyl (C=O) groups is 2. The Bertz CT molecular complexity index is 891. The van der Waals surface area contributed by atoms with E-state index in [2.05, 4.69) is 0 Å². The van der Waals surface area contributed by atoms with Crippen LogP contribution in [0.25, 0.3) is 0 Å². The number of allylic oxidation sites excluding steroid dienone is 2. The monoisotopic (exact) mass is 408 g/mol. The summed E-state index contributed by atoms with van der Waals surface area (Å²) in [6.07, 6.45) is 5.51. The van der Waals surface area contributed by atoms with Gasteiger partial charge >= 0.3 is 11.9 Å². The van der Waals surface area contributed by atoms with Gasteiger partial charge in [-0.2, -0.15) is 0 Å². The molecule has 5 rings (SSSR count). The predicted molar refractivity (Wildman–Crippen MR) is 98.5 cm³/mol. The van der Waals surface area contributed by atoms with Gasteiger partial charge in [0.1, 0.15) is 17.8 Å².